The summed E-state index contributed by atoms with van der Waals surface area (Å²) in [6, 6.07) is 0. The van der Waals surface area contributed by atoms with Crippen molar-refractivity contribution in [2.24, 2.45) is 23.5 Å². The van der Waals surface area contributed by atoms with Gasteiger partial charge in [0, 0.05) is 25.2 Å². The Morgan fingerprint density at radius 1 is 1.17 bits per heavy atom. The van der Waals surface area contributed by atoms with E-state index in [0.717, 1.165) is 51.6 Å². The van der Waals surface area contributed by atoms with Gasteiger partial charge in [0.05, 0.1) is 11.8 Å². The number of likely N-dealkylation sites (tertiary alicyclic amines) is 1. The first-order chi connectivity index (χ1) is 11.0. The highest BCUT2D eigenvalue weighted by Crippen LogP contribution is 2.34. The third-order valence-corrected chi connectivity index (χ3v) is 5.92. The van der Waals surface area contributed by atoms with E-state index in [4.69, 9.17) is 5.73 Å². The van der Waals surface area contributed by atoms with E-state index in [9.17, 15) is 9.59 Å². The molecule has 0 aromatic carbocycles. The third-order valence-electron chi connectivity index (χ3n) is 5.92. The van der Waals surface area contributed by atoms with E-state index in [1.807, 2.05) is 11.8 Å². The maximum absolute atomic E-state index is 12.9. The van der Waals surface area contributed by atoms with Crippen molar-refractivity contribution in [1.29, 1.82) is 0 Å². The van der Waals surface area contributed by atoms with E-state index in [1.54, 1.807) is 0 Å². The van der Waals surface area contributed by atoms with Crippen LogP contribution in [-0.2, 0) is 9.59 Å². The van der Waals surface area contributed by atoms with Crippen molar-refractivity contribution >= 4 is 11.8 Å². The Hall–Kier alpha value is -1.10. The SMILES string of the molecule is CC1(N)CCCCC1C(=O)N1CCCC(C(=O)NCC2CC2)C1. The van der Waals surface area contributed by atoms with Gasteiger partial charge in [-0.25, -0.2) is 0 Å². The van der Waals surface area contributed by atoms with Crippen molar-refractivity contribution in [1.82, 2.24) is 10.2 Å². The number of nitrogens with zero attached hydrogens (tertiary/aromatic N) is 1. The van der Waals surface area contributed by atoms with E-state index in [1.165, 1.54) is 12.8 Å². The molecule has 2 saturated carbocycles. The molecule has 3 N–H and O–H groups in total. The van der Waals surface area contributed by atoms with Crippen LogP contribution < -0.4 is 11.1 Å². The molecule has 0 bridgehead atoms. The fourth-order valence-corrected chi connectivity index (χ4v) is 4.09. The molecule has 1 heterocycles. The van der Waals surface area contributed by atoms with Crippen LogP contribution >= 0.6 is 0 Å². The van der Waals surface area contributed by atoms with E-state index < -0.39 is 5.54 Å². The summed E-state index contributed by atoms with van der Waals surface area (Å²) in [5.41, 5.74) is 5.99. The summed E-state index contributed by atoms with van der Waals surface area (Å²) >= 11 is 0. The summed E-state index contributed by atoms with van der Waals surface area (Å²) in [4.78, 5) is 27.2. The summed E-state index contributed by atoms with van der Waals surface area (Å²) < 4.78 is 0. The van der Waals surface area contributed by atoms with Gasteiger partial charge < -0.3 is 16.0 Å². The van der Waals surface area contributed by atoms with Crippen LogP contribution in [0.4, 0.5) is 0 Å². The van der Waals surface area contributed by atoms with Crippen LogP contribution in [0.5, 0.6) is 0 Å². The minimum absolute atomic E-state index is 0.0425. The molecule has 130 valence electrons. The molecule has 3 unspecified atom stereocenters. The number of piperidine rings is 1. The standard InChI is InChI=1S/C18H31N3O2/c1-18(19)9-3-2-6-15(18)17(23)21-10-4-5-14(12-21)16(22)20-11-13-7-8-13/h13-15H,2-12,19H2,1H3,(H,20,22). The van der Waals surface area contributed by atoms with Gasteiger partial charge in [-0.2, -0.15) is 0 Å². The molecule has 23 heavy (non-hydrogen) atoms. The summed E-state index contributed by atoms with van der Waals surface area (Å²) in [6.45, 7) is 4.17. The first kappa shape index (κ1) is 16.7. The van der Waals surface area contributed by atoms with Gasteiger partial charge in [-0.05, 0) is 51.4 Å². The molecule has 3 aliphatic rings. The van der Waals surface area contributed by atoms with Crippen LogP contribution in [0.2, 0.25) is 0 Å². The molecular formula is C18H31N3O2. The quantitative estimate of drug-likeness (QED) is 0.827. The molecule has 2 amide bonds. The highest BCUT2D eigenvalue weighted by atomic mass is 16.2. The van der Waals surface area contributed by atoms with Crippen molar-refractivity contribution in [3.8, 4) is 0 Å². The Bertz CT molecular complexity index is 459. The van der Waals surface area contributed by atoms with Gasteiger partial charge in [-0.1, -0.05) is 12.8 Å². The van der Waals surface area contributed by atoms with Crippen molar-refractivity contribution in [3.63, 3.8) is 0 Å². The number of nitrogens with two attached hydrogens (primary N) is 1. The predicted molar refractivity (Wildman–Crippen MR) is 89.6 cm³/mol. The number of rotatable bonds is 4. The van der Waals surface area contributed by atoms with Gasteiger partial charge in [0.25, 0.3) is 0 Å². The number of carbonyl (C=O) groups is 2. The second-order valence-electron chi connectivity index (χ2n) is 8.12. The molecule has 5 nitrogen and oxygen atoms in total. The van der Waals surface area contributed by atoms with Gasteiger partial charge in [0.15, 0.2) is 0 Å². The topological polar surface area (TPSA) is 75.4 Å². The molecule has 3 fully saturated rings. The molecule has 1 saturated heterocycles. The van der Waals surface area contributed by atoms with Crippen molar-refractivity contribution in [3.05, 3.63) is 0 Å². The summed E-state index contributed by atoms with van der Waals surface area (Å²) in [6.07, 6.45) is 8.31. The Balaban J connectivity index is 1.56. The third kappa shape index (κ3) is 4.06. The van der Waals surface area contributed by atoms with Gasteiger partial charge in [-0.3, -0.25) is 9.59 Å². The molecule has 3 atom stereocenters. The number of hydrogen-bond donors (Lipinski definition) is 2. The first-order valence-electron chi connectivity index (χ1n) is 9.33. The number of nitrogens with one attached hydrogen (secondary N) is 1. The van der Waals surface area contributed by atoms with Crippen LogP contribution in [0.1, 0.15) is 58.3 Å². The van der Waals surface area contributed by atoms with Gasteiger partial charge in [0.1, 0.15) is 0 Å². The van der Waals surface area contributed by atoms with Gasteiger partial charge in [-0.15, -0.1) is 0 Å². The lowest BCUT2D eigenvalue weighted by Crippen LogP contribution is -2.56. The lowest BCUT2D eigenvalue weighted by molar-refractivity contribution is -0.142. The lowest BCUT2D eigenvalue weighted by Gasteiger charge is -2.42. The zero-order chi connectivity index (χ0) is 16.4. The fourth-order valence-electron chi connectivity index (χ4n) is 4.09. The van der Waals surface area contributed by atoms with Crippen LogP contribution in [0, 0.1) is 17.8 Å². The normalized spacial score (nSPS) is 35.0. The van der Waals surface area contributed by atoms with E-state index in [2.05, 4.69) is 5.32 Å². The minimum atomic E-state index is -0.392. The number of hydrogen-bond acceptors (Lipinski definition) is 3. The van der Waals surface area contributed by atoms with Crippen LogP contribution in [0.3, 0.4) is 0 Å². The summed E-state index contributed by atoms with van der Waals surface area (Å²) in [7, 11) is 0. The van der Waals surface area contributed by atoms with E-state index in [0.29, 0.717) is 12.5 Å². The Kier molecular flexibility index (Phi) is 4.95. The lowest BCUT2D eigenvalue weighted by atomic mass is 9.73. The molecule has 0 aromatic heterocycles. The van der Waals surface area contributed by atoms with Crippen LogP contribution in [-0.4, -0.2) is 41.9 Å². The van der Waals surface area contributed by atoms with Crippen molar-refractivity contribution < 1.29 is 9.59 Å². The summed E-state index contributed by atoms with van der Waals surface area (Å²) in [5, 5.41) is 3.07. The zero-order valence-corrected chi connectivity index (χ0v) is 14.4. The Morgan fingerprint density at radius 2 is 1.96 bits per heavy atom. The maximum atomic E-state index is 12.9. The van der Waals surface area contributed by atoms with Crippen molar-refractivity contribution in [2.75, 3.05) is 19.6 Å². The second-order valence-corrected chi connectivity index (χ2v) is 8.12. The van der Waals surface area contributed by atoms with Crippen LogP contribution in [0.15, 0.2) is 0 Å². The summed E-state index contributed by atoms with van der Waals surface area (Å²) in [5.74, 6) is 0.881. The minimum Gasteiger partial charge on any atom is -0.356 e. The van der Waals surface area contributed by atoms with Gasteiger partial charge >= 0.3 is 0 Å². The Labute approximate surface area is 139 Å². The molecule has 0 radical (unpaired) electrons. The fraction of sp³-hybridized carbons (Fsp3) is 0.889. The highest BCUT2D eigenvalue weighted by molar-refractivity contribution is 5.83. The molecule has 1 aliphatic heterocycles. The maximum Gasteiger partial charge on any atom is 0.227 e. The zero-order valence-electron chi connectivity index (χ0n) is 14.4. The number of amides is 2. The smallest absolute Gasteiger partial charge is 0.227 e. The molecular weight excluding hydrogens is 290 g/mol. The molecule has 0 spiro atoms. The van der Waals surface area contributed by atoms with Crippen molar-refractivity contribution in [2.45, 2.75) is 63.8 Å². The second kappa shape index (κ2) is 6.80. The van der Waals surface area contributed by atoms with E-state index >= 15 is 0 Å². The molecule has 5 heteroatoms. The number of carbonyl (C=O) groups excluding carboxylic acids is 2. The average molecular weight is 321 g/mol. The largest absolute Gasteiger partial charge is 0.356 e. The van der Waals surface area contributed by atoms with Crippen LogP contribution in [0.25, 0.3) is 0 Å². The first-order valence-corrected chi connectivity index (χ1v) is 9.33. The van der Waals surface area contributed by atoms with E-state index in [-0.39, 0.29) is 23.7 Å². The van der Waals surface area contributed by atoms with Gasteiger partial charge in [0.2, 0.25) is 11.8 Å². The molecule has 3 rings (SSSR count). The molecule has 2 aliphatic carbocycles. The average Bonchev–Trinajstić information content (AvgIpc) is 3.36. The predicted octanol–water partition coefficient (Wildman–Crippen LogP) is 1.66. The Morgan fingerprint density at radius 3 is 2.65 bits per heavy atom. The highest BCUT2D eigenvalue weighted by Gasteiger charge is 2.41. The molecule has 0 aromatic rings. The monoisotopic (exact) mass is 321 g/mol.